The minimum absolute atomic E-state index is 0.108. The van der Waals surface area contributed by atoms with E-state index in [1.807, 2.05) is 51.1 Å². The summed E-state index contributed by atoms with van der Waals surface area (Å²) in [6, 6.07) is 18.2. The lowest BCUT2D eigenvalue weighted by Crippen LogP contribution is -2.15. The van der Waals surface area contributed by atoms with Gasteiger partial charge in [0, 0.05) is 18.4 Å². The van der Waals surface area contributed by atoms with E-state index in [0.29, 0.717) is 35.1 Å². The molecule has 3 rings (SSSR count). The number of aryl methyl sites for hydroxylation is 1. The van der Waals surface area contributed by atoms with Crippen LogP contribution < -0.4 is 14.8 Å². The summed E-state index contributed by atoms with van der Waals surface area (Å²) in [5, 5.41) is 2.90. The van der Waals surface area contributed by atoms with Crippen molar-refractivity contribution >= 4 is 11.6 Å². The molecule has 0 fully saturated rings. The second-order valence-electron chi connectivity index (χ2n) is 6.73. The number of ether oxygens (including phenoxy) is 3. The van der Waals surface area contributed by atoms with Gasteiger partial charge in [0.1, 0.15) is 17.2 Å². The Bertz CT molecular complexity index is 1000. The summed E-state index contributed by atoms with van der Waals surface area (Å²) in [4.78, 5) is 17.2. The van der Waals surface area contributed by atoms with Crippen LogP contribution in [0.5, 0.6) is 17.2 Å². The molecule has 1 N–H and O–H groups in total. The fourth-order valence-electron chi connectivity index (χ4n) is 2.99. The number of pyridine rings is 1. The van der Waals surface area contributed by atoms with E-state index in [9.17, 15) is 4.79 Å². The van der Waals surface area contributed by atoms with Gasteiger partial charge in [0.25, 0.3) is 5.91 Å². The Morgan fingerprint density at radius 1 is 1.03 bits per heavy atom. The maximum absolute atomic E-state index is 12.7. The summed E-state index contributed by atoms with van der Waals surface area (Å²) in [5.41, 5.74) is 2.67. The number of hydrogen-bond acceptors (Lipinski definition) is 5. The first-order chi connectivity index (χ1) is 14.5. The summed E-state index contributed by atoms with van der Waals surface area (Å²) >= 11 is 0. The molecule has 156 valence electrons. The number of methoxy groups -OCH3 is 1. The standard InChI is InChI=1S/C24H26N2O4/c1-5-29-17(3)23-14-13-22(16(2)25-23)24(27)26-18-9-11-19(12-10-18)30-21-8-6-7-20(15-21)28-4/h6-15,17H,5H2,1-4H3,(H,26,27). The Morgan fingerprint density at radius 3 is 2.43 bits per heavy atom. The monoisotopic (exact) mass is 406 g/mol. The van der Waals surface area contributed by atoms with Crippen molar-refractivity contribution in [2.45, 2.75) is 26.9 Å². The zero-order valence-corrected chi connectivity index (χ0v) is 17.6. The molecule has 6 nitrogen and oxygen atoms in total. The average Bonchev–Trinajstić information content (AvgIpc) is 2.75. The molecule has 0 saturated heterocycles. The molecule has 6 heteroatoms. The van der Waals surface area contributed by atoms with E-state index in [1.54, 1.807) is 37.4 Å². The first kappa shape index (κ1) is 21.3. The maximum Gasteiger partial charge on any atom is 0.257 e. The van der Waals surface area contributed by atoms with Crippen molar-refractivity contribution in [3.8, 4) is 17.2 Å². The molecular formula is C24H26N2O4. The van der Waals surface area contributed by atoms with Gasteiger partial charge in [-0.15, -0.1) is 0 Å². The minimum atomic E-state index is -0.211. The predicted octanol–water partition coefficient (Wildman–Crippen LogP) is 5.54. The van der Waals surface area contributed by atoms with Crippen molar-refractivity contribution in [1.82, 2.24) is 4.98 Å². The number of carbonyl (C=O) groups excluding carboxylic acids is 1. The van der Waals surface area contributed by atoms with Crippen LogP contribution in [0.25, 0.3) is 0 Å². The number of rotatable bonds is 8. The Morgan fingerprint density at radius 2 is 1.77 bits per heavy atom. The van der Waals surface area contributed by atoms with Crippen LogP contribution in [0.15, 0.2) is 60.7 Å². The molecule has 30 heavy (non-hydrogen) atoms. The van der Waals surface area contributed by atoms with Crippen LogP contribution in [0, 0.1) is 6.92 Å². The molecular weight excluding hydrogens is 380 g/mol. The molecule has 0 radical (unpaired) electrons. The molecule has 2 aromatic carbocycles. The lowest BCUT2D eigenvalue weighted by atomic mass is 10.1. The van der Waals surface area contributed by atoms with Crippen LogP contribution in [0.1, 0.15) is 41.7 Å². The number of aromatic nitrogens is 1. The number of carbonyl (C=O) groups is 1. The number of nitrogens with zero attached hydrogens (tertiary/aromatic N) is 1. The third-order valence-electron chi connectivity index (χ3n) is 4.57. The zero-order valence-electron chi connectivity index (χ0n) is 17.6. The first-order valence-corrected chi connectivity index (χ1v) is 9.82. The highest BCUT2D eigenvalue weighted by molar-refractivity contribution is 6.05. The van der Waals surface area contributed by atoms with Crippen molar-refractivity contribution in [3.05, 3.63) is 77.6 Å². The summed E-state index contributed by atoms with van der Waals surface area (Å²) < 4.78 is 16.6. The molecule has 3 aromatic rings. The number of nitrogens with one attached hydrogen (secondary N) is 1. The van der Waals surface area contributed by atoms with E-state index in [0.717, 1.165) is 11.4 Å². The Balaban J connectivity index is 1.65. The van der Waals surface area contributed by atoms with E-state index in [4.69, 9.17) is 14.2 Å². The lowest BCUT2D eigenvalue weighted by Gasteiger charge is -2.13. The summed E-state index contributed by atoms with van der Waals surface area (Å²) in [5.74, 6) is 1.85. The van der Waals surface area contributed by atoms with Gasteiger partial charge in [0.05, 0.1) is 30.2 Å². The number of benzene rings is 2. The van der Waals surface area contributed by atoms with E-state index >= 15 is 0 Å². The number of hydrogen-bond donors (Lipinski definition) is 1. The molecule has 1 atom stereocenters. The van der Waals surface area contributed by atoms with Gasteiger partial charge in [-0.2, -0.15) is 0 Å². The highest BCUT2D eigenvalue weighted by Gasteiger charge is 2.14. The van der Waals surface area contributed by atoms with Crippen molar-refractivity contribution in [2.24, 2.45) is 0 Å². The zero-order chi connectivity index (χ0) is 21.5. The molecule has 1 unspecified atom stereocenters. The molecule has 0 saturated carbocycles. The van der Waals surface area contributed by atoms with Crippen molar-refractivity contribution in [2.75, 3.05) is 19.0 Å². The van der Waals surface area contributed by atoms with Gasteiger partial charge < -0.3 is 19.5 Å². The average molecular weight is 406 g/mol. The first-order valence-electron chi connectivity index (χ1n) is 9.82. The van der Waals surface area contributed by atoms with Gasteiger partial charge in [0.15, 0.2) is 0 Å². The topological polar surface area (TPSA) is 69.7 Å². The fourth-order valence-corrected chi connectivity index (χ4v) is 2.99. The normalized spacial score (nSPS) is 11.6. The Kier molecular flexibility index (Phi) is 7.03. The molecule has 0 aliphatic heterocycles. The van der Waals surface area contributed by atoms with Gasteiger partial charge in [-0.05, 0) is 69.3 Å². The van der Waals surface area contributed by atoms with Crippen LogP contribution in [-0.2, 0) is 4.74 Å². The van der Waals surface area contributed by atoms with Gasteiger partial charge in [-0.1, -0.05) is 6.07 Å². The molecule has 1 aromatic heterocycles. The molecule has 0 aliphatic rings. The highest BCUT2D eigenvalue weighted by atomic mass is 16.5. The number of amides is 1. The molecule has 1 heterocycles. The van der Waals surface area contributed by atoms with Crippen LogP contribution in [0.4, 0.5) is 5.69 Å². The van der Waals surface area contributed by atoms with E-state index in [1.165, 1.54) is 0 Å². The SMILES string of the molecule is CCOC(C)c1ccc(C(=O)Nc2ccc(Oc3cccc(OC)c3)cc2)c(C)n1. The summed E-state index contributed by atoms with van der Waals surface area (Å²) in [7, 11) is 1.61. The van der Waals surface area contributed by atoms with E-state index in [2.05, 4.69) is 10.3 Å². The van der Waals surface area contributed by atoms with Gasteiger partial charge >= 0.3 is 0 Å². The largest absolute Gasteiger partial charge is 0.497 e. The van der Waals surface area contributed by atoms with Gasteiger partial charge in [0.2, 0.25) is 0 Å². The second kappa shape index (κ2) is 9.89. The molecule has 0 bridgehead atoms. The maximum atomic E-state index is 12.7. The number of anilines is 1. The fraction of sp³-hybridized carbons (Fsp3) is 0.250. The van der Waals surface area contributed by atoms with Gasteiger partial charge in [-0.25, -0.2) is 0 Å². The van der Waals surface area contributed by atoms with Crippen LogP contribution >= 0.6 is 0 Å². The van der Waals surface area contributed by atoms with E-state index in [-0.39, 0.29) is 12.0 Å². The Labute approximate surface area is 176 Å². The highest BCUT2D eigenvalue weighted by Crippen LogP contribution is 2.26. The van der Waals surface area contributed by atoms with Crippen molar-refractivity contribution in [3.63, 3.8) is 0 Å². The molecule has 0 spiro atoms. The third kappa shape index (κ3) is 5.36. The second-order valence-corrected chi connectivity index (χ2v) is 6.73. The molecule has 1 amide bonds. The lowest BCUT2D eigenvalue weighted by molar-refractivity contribution is 0.0732. The van der Waals surface area contributed by atoms with Crippen LogP contribution in [-0.4, -0.2) is 24.6 Å². The third-order valence-corrected chi connectivity index (χ3v) is 4.57. The van der Waals surface area contributed by atoms with Crippen LogP contribution in [0.2, 0.25) is 0 Å². The molecule has 0 aliphatic carbocycles. The van der Waals surface area contributed by atoms with Crippen molar-refractivity contribution < 1.29 is 19.0 Å². The summed E-state index contributed by atoms with van der Waals surface area (Å²) in [6.07, 6.45) is -0.108. The minimum Gasteiger partial charge on any atom is -0.497 e. The van der Waals surface area contributed by atoms with Crippen molar-refractivity contribution in [1.29, 1.82) is 0 Å². The quantitative estimate of drug-likeness (QED) is 0.532. The van der Waals surface area contributed by atoms with E-state index < -0.39 is 0 Å². The predicted molar refractivity (Wildman–Crippen MR) is 116 cm³/mol. The van der Waals surface area contributed by atoms with Gasteiger partial charge in [-0.3, -0.25) is 9.78 Å². The summed E-state index contributed by atoms with van der Waals surface area (Å²) in [6.45, 7) is 6.32. The Hall–Kier alpha value is -3.38. The van der Waals surface area contributed by atoms with Crippen LogP contribution in [0.3, 0.4) is 0 Å². The smallest absolute Gasteiger partial charge is 0.257 e.